The fourth-order valence-corrected chi connectivity index (χ4v) is 3.04. The minimum Gasteiger partial charge on any atom is -0.508 e. The van der Waals surface area contributed by atoms with Crippen LogP contribution in [0.2, 0.25) is 0 Å². The van der Waals surface area contributed by atoms with Gasteiger partial charge in [-0.2, -0.15) is 0 Å². The van der Waals surface area contributed by atoms with Gasteiger partial charge in [-0.25, -0.2) is 0 Å². The van der Waals surface area contributed by atoms with Gasteiger partial charge in [0.1, 0.15) is 11.5 Å². The number of nitrogens with zero attached hydrogens (tertiary/aromatic N) is 1. The van der Waals surface area contributed by atoms with E-state index in [9.17, 15) is 5.11 Å². The van der Waals surface area contributed by atoms with Crippen molar-refractivity contribution in [3.8, 4) is 11.5 Å². The van der Waals surface area contributed by atoms with Crippen LogP contribution in [0.1, 0.15) is 44.2 Å². The summed E-state index contributed by atoms with van der Waals surface area (Å²) in [5.74, 6) is 1.20. The minimum absolute atomic E-state index is 0.286. The lowest BCUT2D eigenvalue weighted by Crippen LogP contribution is -2.45. The van der Waals surface area contributed by atoms with Gasteiger partial charge in [0.05, 0.1) is 7.11 Å². The highest BCUT2D eigenvalue weighted by Gasteiger charge is 2.24. The first-order valence-corrected chi connectivity index (χ1v) is 8.08. The van der Waals surface area contributed by atoms with Crippen molar-refractivity contribution in [2.75, 3.05) is 33.3 Å². The molecule has 0 radical (unpaired) electrons. The molecule has 1 heterocycles. The maximum atomic E-state index is 10.3. The summed E-state index contributed by atoms with van der Waals surface area (Å²) in [5, 5.41) is 13.7. The SMILES string of the molecule is CCCCC[C@@H](c1cc(OC)ccc1O)N1CCNCC1. The molecule has 0 spiro atoms. The number of nitrogens with one attached hydrogen (secondary N) is 1. The smallest absolute Gasteiger partial charge is 0.120 e. The molecular formula is C17H28N2O2. The highest BCUT2D eigenvalue weighted by molar-refractivity contribution is 5.41. The maximum Gasteiger partial charge on any atom is 0.120 e. The van der Waals surface area contributed by atoms with Gasteiger partial charge in [-0.1, -0.05) is 26.2 Å². The van der Waals surface area contributed by atoms with E-state index in [1.54, 1.807) is 13.2 Å². The van der Waals surface area contributed by atoms with Crippen LogP contribution in [0.4, 0.5) is 0 Å². The molecule has 1 aromatic rings. The van der Waals surface area contributed by atoms with Crippen LogP contribution < -0.4 is 10.1 Å². The van der Waals surface area contributed by atoms with Gasteiger partial charge in [0.2, 0.25) is 0 Å². The second-order valence-electron chi connectivity index (χ2n) is 5.72. The van der Waals surface area contributed by atoms with Crippen molar-refractivity contribution in [2.24, 2.45) is 0 Å². The monoisotopic (exact) mass is 292 g/mol. The Morgan fingerprint density at radius 2 is 2.05 bits per heavy atom. The van der Waals surface area contributed by atoms with Gasteiger partial charge in [-0.3, -0.25) is 4.90 Å². The van der Waals surface area contributed by atoms with E-state index in [1.165, 1.54) is 19.3 Å². The maximum absolute atomic E-state index is 10.3. The first-order valence-electron chi connectivity index (χ1n) is 8.08. The van der Waals surface area contributed by atoms with E-state index in [0.29, 0.717) is 5.75 Å². The molecule has 1 aromatic carbocycles. The van der Waals surface area contributed by atoms with E-state index in [2.05, 4.69) is 17.1 Å². The van der Waals surface area contributed by atoms with E-state index in [-0.39, 0.29) is 6.04 Å². The molecule has 1 aliphatic rings. The number of hydrogen-bond donors (Lipinski definition) is 2. The predicted octanol–water partition coefficient (Wildman–Crippen LogP) is 2.93. The summed E-state index contributed by atoms with van der Waals surface area (Å²) >= 11 is 0. The molecular weight excluding hydrogens is 264 g/mol. The van der Waals surface area contributed by atoms with Crippen molar-refractivity contribution in [3.05, 3.63) is 23.8 Å². The summed E-state index contributed by atoms with van der Waals surface area (Å²) in [6.07, 6.45) is 4.75. The van der Waals surface area contributed by atoms with Gasteiger partial charge >= 0.3 is 0 Å². The zero-order valence-electron chi connectivity index (χ0n) is 13.3. The van der Waals surface area contributed by atoms with E-state index < -0.39 is 0 Å². The molecule has 0 amide bonds. The number of piperazine rings is 1. The number of hydrogen-bond acceptors (Lipinski definition) is 4. The normalized spacial score (nSPS) is 17.6. The quantitative estimate of drug-likeness (QED) is 0.759. The minimum atomic E-state index is 0.286. The van der Waals surface area contributed by atoms with Crippen molar-refractivity contribution in [1.82, 2.24) is 10.2 Å². The number of methoxy groups -OCH3 is 1. The van der Waals surface area contributed by atoms with Gasteiger partial charge < -0.3 is 15.2 Å². The number of unbranched alkanes of at least 4 members (excludes halogenated alkanes) is 2. The van der Waals surface area contributed by atoms with Crippen molar-refractivity contribution in [1.29, 1.82) is 0 Å². The Hall–Kier alpha value is -1.26. The molecule has 0 bridgehead atoms. The molecule has 1 fully saturated rings. The zero-order valence-corrected chi connectivity index (χ0v) is 13.3. The van der Waals surface area contributed by atoms with Crippen LogP contribution in [0.3, 0.4) is 0 Å². The lowest BCUT2D eigenvalue weighted by molar-refractivity contribution is 0.160. The third-order valence-corrected chi connectivity index (χ3v) is 4.27. The molecule has 0 unspecified atom stereocenters. The fraction of sp³-hybridized carbons (Fsp3) is 0.647. The fourth-order valence-electron chi connectivity index (χ4n) is 3.04. The number of rotatable bonds is 7. The summed E-state index contributed by atoms with van der Waals surface area (Å²) in [4.78, 5) is 2.49. The Morgan fingerprint density at radius 1 is 1.29 bits per heavy atom. The second kappa shape index (κ2) is 8.25. The average molecular weight is 292 g/mol. The molecule has 1 atom stereocenters. The Balaban J connectivity index is 2.20. The Bertz CT molecular complexity index is 431. The largest absolute Gasteiger partial charge is 0.508 e. The van der Waals surface area contributed by atoms with Crippen molar-refractivity contribution < 1.29 is 9.84 Å². The Morgan fingerprint density at radius 3 is 2.71 bits per heavy atom. The van der Waals surface area contributed by atoms with E-state index in [4.69, 9.17) is 4.74 Å². The second-order valence-corrected chi connectivity index (χ2v) is 5.72. The number of ether oxygens (including phenoxy) is 1. The highest BCUT2D eigenvalue weighted by Crippen LogP contribution is 2.35. The first-order chi connectivity index (χ1) is 10.3. The number of phenolic OH excluding ortho intramolecular Hbond substituents is 1. The van der Waals surface area contributed by atoms with Crippen LogP contribution in [-0.4, -0.2) is 43.3 Å². The number of benzene rings is 1. The molecule has 2 rings (SSSR count). The van der Waals surface area contributed by atoms with Gasteiger partial charge in [0.15, 0.2) is 0 Å². The molecule has 118 valence electrons. The van der Waals surface area contributed by atoms with Crippen LogP contribution in [0.5, 0.6) is 11.5 Å². The third kappa shape index (κ3) is 4.35. The molecule has 21 heavy (non-hydrogen) atoms. The Kier molecular flexibility index (Phi) is 6.33. The molecule has 1 aliphatic heterocycles. The lowest BCUT2D eigenvalue weighted by Gasteiger charge is -2.35. The summed E-state index contributed by atoms with van der Waals surface area (Å²) in [7, 11) is 1.67. The van der Waals surface area contributed by atoms with Gasteiger partial charge in [0, 0.05) is 37.8 Å². The van der Waals surface area contributed by atoms with Crippen LogP contribution in [0.15, 0.2) is 18.2 Å². The van der Waals surface area contributed by atoms with Crippen molar-refractivity contribution in [3.63, 3.8) is 0 Å². The molecule has 0 aromatic heterocycles. The number of phenols is 1. The average Bonchev–Trinajstić information content (AvgIpc) is 2.53. The van der Waals surface area contributed by atoms with E-state index in [1.807, 2.05) is 12.1 Å². The van der Waals surface area contributed by atoms with Gasteiger partial charge in [-0.15, -0.1) is 0 Å². The third-order valence-electron chi connectivity index (χ3n) is 4.27. The predicted molar refractivity (Wildman–Crippen MR) is 86.0 cm³/mol. The topological polar surface area (TPSA) is 44.7 Å². The van der Waals surface area contributed by atoms with Crippen molar-refractivity contribution in [2.45, 2.75) is 38.6 Å². The molecule has 1 saturated heterocycles. The summed E-state index contributed by atoms with van der Waals surface area (Å²) in [5.41, 5.74) is 1.01. The molecule has 0 aliphatic carbocycles. The van der Waals surface area contributed by atoms with Gasteiger partial charge in [-0.05, 0) is 24.6 Å². The summed E-state index contributed by atoms with van der Waals surface area (Å²) < 4.78 is 5.33. The van der Waals surface area contributed by atoms with Gasteiger partial charge in [0.25, 0.3) is 0 Å². The summed E-state index contributed by atoms with van der Waals surface area (Å²) in [6.45, 7) is 6.34. The molecule has 0 saturated carbocycles. The van der Waals surface area contributed by atoms with E-state index in [0.717, 1.165) is 43.9 Å². The highest BCUT2D eigenvalue weighted by atomic mass is 16.5. The molecule has 2 N–H and O–H groups in total. The molecule has 4 heteroatoms. The van der Waals surface area contributed by atoms with Crippen LogP contribution in [0, 0.1) is 0 Å². The van der Waals surface area contributed by atoms with Crippen LogP contribution in [-0.2, 0) is 0 Å². The lowest BCUT2D eigenvalue weighted by atomic mass is 9.97. The standard InChI is InChI=1S/C17H28N2O2/c1-3-4-5-6-16(19-11-9-18-10-12-19)15-13-14(21-2)7-8-17(15)20/h7-8,13,16,18,20H,3-6,9-12H2,1-2H3/t16-/m0/s1. The van der Waals surface area contributed by atoms with E-state index >= 15 is 0 Å². The zero-order chi connectivity index (χ0) is 15.1. The van der Waals surface area contributed by atoms with Crippen molar-refractivity contribution >= 4 is 0 Å². The first kappa shape index (κ1) is 16.1. The molecule has 4 nitrogen and oxygen atoms in total. The van der Waals surface area contributed by atoms with Crippen LogP contribution in [0.25, 0.3) is 0 Å². The number of aromatic hydroxyl groups is 1. The summed E-state index contributed by atoms with van der Waals surface area (Å²) in [6, 6.07) is 5.85. The Labute approximate surface area is 128 Å². The van der Waals surface area contributed by atoms with Crippen LogP contribution >= 0.6 is 0 Å².